The van der Waals surface area contributed by atoms with Crippen molar-refractivity contribution in [2.45, 2.75) is 44.6 Å². The van der Waals surface area contributed by atoms with Gasteiger partial charge in [-0.25, -0.2) is 4.98 Å². The van der Waals surface area contributed by atoms with Gasteiger partial charge in [-0.15, -0.1) is 11.3 Å². The lowest BCUT2D eigenvalue weighted by Crippen LogP contribution is -2.37. The third-order valence-electron chi connectivity index (χ3n) is 5.28. The number of benzene rings is 1. The highest BCUT2D eigenvalue weighted by Crippen LogP contribution is 2.34. The van der Waals surface area contributed by atoms with E-state index in [1.807, 2.05) is 30.6 Å². The Bertz CT molecular complexity index is 785. The summed E-state index contributed by atoms with van der Waals surface area (Å²) in [6.45, 7) is 0.394. The Morgan fingerprint density at radius 1 is 1.21 bits per heavy atom. The highest BCUT2D eigenvalue weighted by Gasteiger charge is 2.19. The lowest BCUT2D eigenvalue weighted by molar-refractivity contribution is -0.117. The third kappa shape index (κ3) is 5.23. The topological polar surface area (TPSA) is 63.7 Å². The average molecular weight is 404 g/mol. The summed E-state index contributed by atoms with van der Waals surface area (Å²) < 4.78 is 10.7. The van der Waals surface area contributed by atoms with E-state index in [1.54, 1.807) is 14.2 Å². The number of hydrogen-bond acceptors (Lipinski definition) is 6. The first-order chi connectivity index (χ1) is 13.6. The SMILES string of the molecule is COc1ccc(-c2csc(NC(=O)CN(C)C3CCCCCC3)n2)c(OC)c1. The maximum atomic E-state index is 12.5. The lowest BCUT2D eigenvalue weighted by Gasteiger charge is -2.26. The fourth-order valence-electron chi connectivity index (χ4n) is 3.68. The second-order valence-electron chi connectivity index (χ2n) is 7.21. The zero-order valence-corrected chi connectivity index (χ0v) is 17.7. The zero-order valence-electron chi connectivity index (χ0n) is 16.9. The van der Waals surface area contributed by atoms with Crippen molar-refractivity contribution in [3.8, 4) is 22.8 Å². The van der Waals surface area contributed by atoms with Gasteiger partial charge in [-0.3, -0.25) is 9.69 Å². The van der Waals surface area contributed by atoms with Crippen molar-refractivity contribution in [2.75, 3.05) is 33.1 Å². The molecule has 0 bridgehead atoms. The summed E-state index contributed by atoms with van der Waals surface area (Å²) in [6.07, 6.45) is 7.51. The lowest BCUT2D eigenvalue weighted by atomic mass is 10.1. The Hall–Kier alpha value is -2.12. The third-order valence-corrected chi connectivity index (χ3v) is 6.03. The van der Waals surface area contributed by atoms with Crippen molar-refractivity contribution in [2.24, 2.45) is 0 Å². The number of nitrogens with zero attached hydrogens (tertiary/aromatic N) is 2. The number of carbonyl (C=O) groups is 1. The minimum Gasteiger partial charge on any atom is -0.497 e. The Balaban J connectivity index is 1.62. The molecule has 1 fully saturated rings. The molecule has 2 aromatic rings. The number of thiazole rings is 1. The molecule has 1 aromatic carbocycles. The van der Waals surface area contributed by atoms with Gasteiger partial charge >= 0.3 is 0 Å². The van der Waals surface area contributed by atoms with Gasteiger partial charge in [0.2, 0.25) is 5.91 Å². The van der Waals surface area contributed by atoms with Crippen LogP contribution in [0.4, 0.5) is 5.13 Å². The number of likely N-dealkylation sites (N-methyl/N-ethyl adjacent to an activating group) is 1. The number of methoxy groups -OCH3 is 2. The van der Waals surface area contributed by atoms with Gasteiger partial charge < -0.3 is 14.8 Å². The van der Waals surface area contributed by atoms with Crippen LogP contribution < -0.4 is 14.8 Å². The van der Waals surface area contributed by atoms with E-state index in [0.29, 0.717) is 23.5 Å². The first kappa shape index (κ1) is 20.6. The number of nitrogens with one attached hydrogen (secondary N) is 1. The van der Waals surface area contributed by atoms with E-state index >= 15 is 0 Å². The molecule has 1 heterocycles. The van der Waals surface area contributed by atoms with Gasteiger partial charge in [-0.05, 0) is 32.0 Å². The van der Waals surface area contributed by atoms with Crippen molar-refractivity contribution < 1.29 is 14.3 Å². The Morgan fingerprint density at radius 2 is 1.96 bits per heavy atom. The van der Waals surface area contributed by atoms with E-state index in [0.717, 1.165) is 17.0 Å². The number of carbonyl (C=O) groups excluding carboxylic acids is 1. The largest absolute Gasteiger partial charge is 0.497 e. The molecule has 0 unspecified atom stereocenters. The molecule has 0 aliphatic heterocycles. The molecule has 0 atom stereocenters. The highest BCUT2D eigenvalue weighted by atomic mass is 32.1. The first-order valence-electron chi connectivity index (χ1n) is 9.78. The van der Waals surface area contributed by atoms with Crippen LogP contribution in [0.5, 0.6) is 11.5 Å². The van der Waals surface area contributed by atoms with Gasteiger partial charge in [0.1, 0.15) is 11.5 Å². The maximum absolute atomic E-state index is 12.5. The van der Waals surface area contributed by atoms with Crippen LogP contribution in [0.2, 0.25) is 0 Å². The van der Waals surface area contributed by atoms with Crippen molar-refractivity contribution in [1.29, 1.82) is 0 Å². The Labute approximate surface area is 170 Å². The quantitative estimate of drug-likeness (QED) is 0.693. The molecule has 7 heteroatoms. The predicted molar refractivity (Wildman–Crippen MR) is 113 cm³/mol. The summed E-state index contributed by atoms with van der Waals surface area (Å²) in [6, 6.07) is 6.12. The van der Waals surface area contributed by atoms with Crippen LogP contribution in [0.15, 0.2) is 23.6 Å². The van der Waals surface area contributed by atoms with Gasteiger partial charge in [-0.2, -0.15) is 0 Å². The predicted octanol–water partition coefficient (Wildman–Crippen LogP) is 4.42. The number of ether oxygens (including phenoxy) is 2. The normalized spacial score (nSPS) is 15.3. The van der Waals surface area contributed by atoms with Crippen LogP contribution >= 0.6 is 11.3 Å². The van der Waals surface area contributed by atoms with E-state index in [9.17, 15) is 4.79 Å². The van der Waals surface area contributed by atoms with Gasteiger partial charge in [0, 0.05) is 23.1 Å². The second kappa shape index (κ2) is 9.89. The molecule has 28 heavy (non-hydrogen) atoms. The van der Waals surface area contributed by atoms with Crippen molar-refractivity contribution >= 4 is 22.4 Å². The van der Waals surface area contributed by atoms with E-state index in [1.165, 1.54) is 49.9 Å². The highest BCUT2D eigenvalue weighted by molar-refractivity contribution is 7.14. The number of aromatic nitrogens is 1. The van der Waals surface area contributed by atoms with Gasteiger partial charge in [0.25, 0.3) is 0 Å². The molecule has 3 rings (SSSR count). The maximum Gasteiger partial charge on any atom is 0.240 e. The molecular weight excluding hydrogens is 374 g/mol. The molecule has 6 nitrogen and oxygen atoms in total. The van der Waals surface area contributed by atoms with Crippen LogP contribution in [0.1, 0.15) is 38.5 Å². The molecule has 0 radical (unpaired) electrons. The first-order valence-corrected chi connectivity index (χ1v) is 10.7. The molecule has 0 saturated heterocycles. The Kier molecular flexibility index (Phi) is 7.28. The molecule has 1 amide bonds. The van der Waals surface area contributed by atoms with Crippen molar-refractivity contribution in [3.63, 3.8) is 0 Å². The van der Waals surface area contributed by atoms with Crippen molar-refractivity contribution in [1.82, 2.24) is 9.88 Å². The van der Waals surface area contributed by atoms with Crippen LogP contribution in [0.25, 0.3) is 11.3 Å². The van der Waals surface area contributed by atoms with Crippen LogP contribution in [0, 0.1) is 0 Å². The summed E-state index contributed by atoms with van der Waals surface area (Å²) in [4.78, 5) is 19.2. The van der Waals surface area contributed by atoms with E-state index in [-0.39, 0.29) is 5.91 Å². The summed E-state index contributed by atoms with van der Waals surface area (Å²) in [5, 5.41) is 5.47. The zero-order chi connectivity index (χ0) is 19.9. The second-order valence-corrected chi connectivity index (χ2v) is 8.07. The molecule has 1 N–H and O–H groups in total. The minimum absolute atomic E-state index is 0.0191. The van der Waals surface area contributed by atoms with Crippen LogP contribution in [-0.4, -0.2) is 49.6 Å². The van der Waals surface area contributed by atoms with Gasteiger partial charge in [0.15, 0.2) is 5.13 Å². The molecule has 1 aromatic heterocycles. The van der Waals surface area contributed by atoms with Crippen LogP contribution in [-0.2, 0) is 4.79 Å². The summed E-state index contributed by atoms with van der Waals surface area (Å²) in [5.74, 6) is 1.40. The van der Waals surface area contributed by atoms with Crippen LogP contribution in [0.3, 0.4) is 0 Å². The number of amides is 1. The summed E-state index contributed by atoms with van der Waals surface area (Å²) in [7, 11) is 5.29. The monoisotopic (exact) mass is 403 g/mol. The van der Waals surface area contributed by atoms with Gasteiger partial charge in [0.05, 0.1) is 26.5 Å². The smallest absolute Gasteiger partial charge is 0.240 e. The molecule has 1 aliphatic carbocycles. The summed E-state index contributed by atoms with van der Waals surface area (Å²) >= 11 is 1.42. The molecule has 152 valence electrons. The fourth-order valence-corrected chi connectivity index (χ4v) is 4.40. The fraction of sp³-hybridized carbons (Fsp3) is 0.524. The summed E-state index contributed by atoms with van der Waals surface area (Å²) in [5.41, 5.74) is 1.65. The Morgan fingerprint density at radius 3 is 2.64 bits per heavy atom. The number of hydrogen-bond donors (Lipinski definition) is 1. The van der Waals surface area contributed by atoms with Crippen molar-refractivity contribution in [3.05, 3.63) is 23.6 Å². The van der Waals surface area contributed by atoms with E-state index < -0.39 is 0 Å². The molecule has 1 saturated carbocycles. The molecule has 1 aliphatic rings. The molecular formula is C21H29N3O3S. The van der Waals surface area contributed by atoms with E-state index in [2.05, 4.69) is 15.2 Å². The molecule has 0 spiro atoms. The average Bonchev–Trinajstić information content (AvgIpc) is 2.98. The standard InChI is InChI=1S/C21H29N3O3S/c1-24(15-8-6-4-5-7-9-15)13-20(25)23-21-22-18(14-28-21)17-11-10-16(26-2)12-19(17)27-3/h10-12,14-15H,4-9,13H2,1-3H3,(H,22,23,25). The van der Waals surface area contributed by atoms with E-state index in [4.69, 9.17) is 9.47 Å². The number of anilines is 1. The van der Waals surface area contributed by atoms with Gasteiger partial charge in [-0.1, -0.05) is 25.7 Å². The minimum atomic E-state index is -0.0191. The number of rotatable bonds is 7.